The van der Waals surface area contributed by atoms with Crippen LogP contribution in [0.4, 0.5) is 4.79 Å². The van der Waals surface area contributed by atoms with E-state index in [0.717, 1.165) is 5.56 Å². The third-order valence-corrected chi connectivity index (χ3v) is 3.36. The van der Waals surface area contributed by atoms with Crippen molar-refractivity contribution in [3.05, 3.63) is 23.8 Å². The number of amides is 1. The monoisotopic (exact) mass is 301 g/mol. The van der Waals surface area contributed by atoms with Crippen LogP contribution in [0.2, 0.25) is 0 Å². The first-order valence-electron chi connectivity index (χ1n) is 6.13. The lowest BCUT2D eigenvalue weighted by Crippen LogP contribution is -2.46. The number of methoxy groups -OCH3 is 2. The third kappa shape index (κ3) is 3.10. The first kappa shape index (κ1) is 16.4. The fourth-order valence-corrected chi connectivity index (χ4v) is 2.26. The number of halogens is 1. The number of nitrogens with one attached hydrogen (secondary N) is 1. The quantitative estimate of drug-likeness (QED) is 0.932. The summed E-state index contributed by atoms with van der Waals surface area (Å²) in [7, 11) is 3.19. The van der Waals surface area contributed by atoms with E-state index in [-0.39, 0.29) is 30.0 Å². The highest BCUT2D eigenvalue weighted by Gasteiger charge is 2.38. The number of alkyl carbamates (subject to hydrolysis) is 1. The van der Waals surface area contributed by atoms with Gasteiger partial charge in [0.2, 0.25) is 0 Å². The number of hydrogen-bond acceptors (Lipinski definition) is 4. The molecule has 0 spiro atoms. The summed E-state index contributed by atoms with van der Waals surface area (Å²) in [5, 5.41) is 2.85. The SMILES string of the molecule is COc1ccc([C@@H]2NC(=O)OCC2(C)C)cc1OC.Cl. The maximum Gasteiger partial charge on any atom is 0.407 e. The average Bonchev–Trinajstić information content (AvgIpc) is 2.40. The van der Waals surface area contributed by atoms with Crippen LogP contribution >= 0.6 is 12.4 Å². The van der Waals surface area contributed by atoms with Crippen LogP contribution in [0.15, 0.2) is 18.2 Å². The molecule has 20 heavy (non-hydrogen) atoms. The van der Waals surface area contributed by atoms with E-state index >= 15 is 0 Å². The minimum absolute atomic E-state index is 0. The zero-order chi connectivity index (χ0) is 14.0. The summed E-state index contributed by atoms with van der Waals surface area (Å²) in [5.41, 5.74) is 0.785. The van der Waals surface area contributed by atoms with Gasteiger partial charge < -0.3 is 19.5 Å². The van der Waals surface area contributed by atoms with Crippen molar-refractivity contribution in [2.45, 2.75) is 19.9 Å². The standard InChI is InChI=1S/C14H19NO4.ClH/c1-14(2)8-19-13(16)15-12(14)9-5-6-10(17-3)11(7-9)18-4;/h5-7,12H,8H2,1-4H3,(H,15,16);1H/t12-;/m0./s1. The molecule has 1 amide bonds. The van der Waals surface area contributed by atoms with Gasteiger partial charge in [-0.2, -0.15) is 0 Å². The lowest BCUT2D eigenvalue weighted by Gasteiger charge is -2.38. The Labute approximate surface area is 125 Å². The summed E-state index contributed by atoms with van der Waals surface area (Å²) in [5.74, 6) is 1.32. The first-order valence-corrected chi connectivity index (χ1v) is 6.13. The number of rotatable bonds is 3. The smallest absolute Gasteiger partial charge is 0.407 e. The highest BCUT2D eigenvalue weighted by molar-refractivity contribution is 5.85. The van der Waals surface area contributed by atoms with Gasteiger partial charge in [0.05, 0.1) is 20.3 Å². The second-order valence-electron chi connectivity index (χ2n) is 5.26. The van der Waals surface area contributed by atoms with E-state index in [1.54, 1.807) is 14.2 Å². The van der Waals surface area contributed by atoms with Crippen LogP contribution in [0, 0.1) is 5.41 Å². The fraction of sp³-hybridized carbons (Fsp3) is 0.500. The van der Waals surface area contributed by atoms with Gasteiger partial charge in [-0.25, -0.2) is 4.79 Å². The molecule has 1 aromatic rings. The largest absolute Gasteiger partial charge is 0.493 e. The summed E-state index contributed by atoms with van der Waals surface area (Å²) in [6.45, 7) is 4.49. The Morgan fingerprint density at radius 1 is 1.25 bits per heavy atom. The topological polar surface area (TPSA) is 56.8 Å². The summed E-state index contributed by atoms with van der Waals surface area (Å²) in [4.78, 5) is 11.4. The van der Waals surface area contributed by atoms with Crippen LogP contribution in [-0.2, 0) is 4.74 Å². The van der Waals surface area contributed by atoms with E-state index in [1.165, 1.54) is 0 Å². The van der Waals surface area contributed by atoms with Crippen molar-refractivity contribution >= 4 is 18.5 Å². The van der Waals surface area contributed by atoms with Crippen LogP contribution < -0.4 is 14.8 Å². The fourth-order valence-electron chi connectivity index (χ4n) is 2.26. The maximum atomic E-state index is 11.4. The molecule has 1 N–H and O–H groups in total. The van der Waals surface area contributed by atoms with Gasteiger partial charge in [-0.1, -0.05) is 19.9 Å². The van der Waals surface area contributed by atoms with Gasteiger partial charge in [0.1, 0.15) is 6.61 Å². The maximum absolute atomic E-state index is 11.4. The molecule has 1 fully saturated rings. The van der Waals surface area contributed by atoms with Crippen molar-refractivity contribution in [1.82, 2.24) is 5.32 Å². The predicted octanol–water partition coefficient (Wildman–Crippen LogP) is 2.93. The molecule has 112 valence electrons. The molecule has 0 aromatic heterocycles. The zero-order valence-corrected chi connectivity index (χ0v) is 12.9. The van der Waals surface area contributed by atoms with Gasteiger partial charge in [-0.3, -0.25) is 0 Å². The molecular formula is C14H20ClNO4. The Morgan fingerprint density at radius 2 is 1.90 bits per heavy atom. The van der Waals surface area contributed by atoms with E-state index in [4.69, 9.17) is 14.2 Å². The molecule has 2 rings (SSSR count). The number of hydrogen-bond donors (Lipinski definition) is 1. The zero-order valence-electron chi connectivity index (χ0n) is 12.1. The minimum atomic E-state index is -0.390. The number of carbonyl (C=O) groups is 1. The molecule has 6 heteroatoms. The molecule has 0 aliphatic carbocycles. The predicted molar refractivity (Wildman–Crippen MR) is 77.8 cm³/mol. The number of carbonyl (C=O) groups excluding carboxylic acids is 1. The molecule has 0 saturated carbocycles. The number of ether oxygens (including phenoxy) is 3. The molecule has 1 atom stereocenters. The van der Waals surface area contributed by atoms with Gasteiger partial charge in [-0.15, -0.1) is 12.4 Å². The van der Waals surface area contributed by atoms with Crippen LogP contribution in [0.25, 0.3) is 0 Å². The van der Waals surface area contributed by atoms with Crippen molar-refractivity contribution in [2.24, 2.45) is 5.41 Å². The number of cyclic esters (lactones) is 1. The molecule has 1 saturated heterocycles. The van der Waals surface area contributed by atoms with Gasteiger partial charge in [0.15, 0.2) is 11.5 Å². The van der Waals surface area contributed by atoms with Crippen LogP contribution in [0.1, 0.15) is 25.5 Å². The summed E-state index contributed by atoms with van der Waals surface area (Å²) < 4.78 is 15.5. The molecule has 1 heterocycles. The van der Waals surface area contributed by atoms with Gasteiger partial charge >= 0.3 is 6.09 Å². The normalized spacial score (nSPS) is 20.2. The molecular weight excluding hydrogens is 282 g/mol. The van der Waals surface area contributed by atoms with Crippen molar-refractivity contribution in [1.29, 1.82) is 0 Å². The van der Waals surface area contributed by atoms with Crippen molar-refractivity contribution in [2.75, 3.05) is 20.8 Å². The van der Waals surface area contributed by atoms with E-state index in [9.17, 15) is 4.79 Å². The van der Waals surface area contributed by atoms with Crippen molar-refractivity contribution in [3.63, 3.8) is 0 Å². The number of benzene rings is 1. The van der Waals surface area contributed by atoms with Gasteiger partial charge in [-0.05, 0) is 17.7 Å². The summed E-state index contributed by atoms with van der Waals surface area (Å²) in [6.07, 6.45) is -0.390. The lowest BCUT2D eigenvalue weighted by atomic mass is 9.80. The molecule has 0 unspecified atom stereocenters. The van der Waals surface area contributed by atoms with E-state index < -0.39 is 0 Å². The third-order valence-electron chi connectivity index (χ3n) is 3.36. The Balaban J connectivity index is 0.00000200. The molecule has 5 nitrogen and oxygen atoms in total. The first-order chi connectivity index (χ1) is 8.97. The van der Waals surface area contributed by atoms with E-state index in [1.807, 2.05) is 32.0 Å². The highest BCUT2D eigenvalue weighted by atomic mass is 35.5. The van der Waals surface area contributed by atoms with Crippen LogP contribution in [0.3, 0.4) is 0 Å². The molecule has 0 bridgehead atoms. The molecule has 1 aliphatic rings. The van der Waals surface area contributed by atoms with Crippen LogP contribution in [0.5, 0.6) is 11.5 Å². The second-order valence-corrected chi connectivity index (χ2v) is 5.26. The Kier molecular flexibility index (Phi) is 5.11. The average molecular weight is 302 g/mol. The van der Waals surface area contributed by atoms with Gasteiger partial charge in [0.25, 0.3) is 0 Å². The van der Waals surface area contributed by atoms with Gasteiger partial charge in [0, 0.05) is 5.41 Å². The lowest BCUT2D eigenvalue weighted by molar-refractivity contribution is 0.0386. The summed E-state index contributed by atoms with van der Waals surface area (Å²) >= 11 is 0. The molecule has 1 aliphatic heterocycles. The van der Waals surface area contributed by atoms with E-state index in [0.29, 0.717) is 18.1 Å². The second kappa shape index (κ2) is 6.22. The van der Waals surface area contributed by atoms with E-state index in [2.05, 4.69) is 5.32 Å². The molecule has 1 aromatic carbocycles. The summed E-state index contributed by atoms with van der Waals surface area (Å²) in [6, 6.07) is 5.54. The molecule has 0 radical (unpaired) electrons. The van der Waals surface area contributed by atoms with Crippen LogP contribution in [-0.4, -0.2) is 26.9 Å². The Bertz CT molecular complexity index is 490. The highest BCUT2D eigenvalue weighted by Crippen LogP contribution is 2.39. The minimum Gasteiger partial charge on any atom is -0.493 e. The van der Waals surface area contributed by atoms with Crippen molar-refractivity contribution in [3.8, 4) is 11.5 Å². The van der Waals surface area contributed by atoms with Crippen molar-refractivity contribution < 1.29 is 19.0 Å². The Hall–Kier alpha value is -1.62. The Morgan fingerprint density at radius 3 is 2.50 bits per heavy atom.